The van der Waals surface area contributed by atoms with Gasteiger partial charge in [0.05, 0.1) is 6.04 Å². The van der Waals surface area contributed by atoms with Gasteiger partial charge in [-0.3, -0.25) is 9.59 Å². The number of rotatable bonds is 13. The van der Waals surface area contributed by atoms with E-state index in [4.69, 9.17) is 0 Å². The Hall–Kier alpha value is -2.26. The van der Waals surface area contributed by atoms with Gasteiger partial charge in [0.2, 0.25) is 11.8 Å². The summed E-state index contributed by atoms with van der Waals surface area (Å²) in [6.07, 6.45) is 4.78. The number of aryl methyl sites for hydroxylation is 1. The third-order valence-electron chi connectivity index (χ3n) is 5.07. The van der Waals surface area contributed by atoms with Crippen LogP contribution in [0.3, 0.4) is 0 Å². The Morgan fingerprint density at radius 2 is 1.64 bits per heavy atom. The Balaban J connectivity index is 0.00000512. The van der Waals surface area contributed by atoms with Gasteiger partial charge in [0.25, 0.3) is 0 Å². The molecule has 9 heteroatoms. The van der Waals surface area contributed by atoms with Crippen molar-refractivity contribution in [3.8, 4) is 5.75 Å². The van der Waals surface area contributed by atoms with Crippen molar-refractivity contribution >= 4 is 36.0 Å². The number of phenolic OH excluding ortho intramolecular Hbond substituents is 1. The molecule has 0 spiro atoms. The predicted octanol–water partition coefficient (Wildman–Crippen LogP) is 2.11. The maximum atomic E-state index is 12.8. The molecule has 2 aromatic rings. The first kappa shape index (κ1) is 30.7. The van der Waals surface area contributed by atoms with E-state index < -0.39 is 12.1 Å². The number of amides is 2. The highest BCUT2D eigenvalue weighted by Crippen LogP contribution is 2.12. The largest absolute Gasteiger partial charge is 0.508 e. The van der Waals surface area contributed by atoms with Crippen LogP contribution >= 0.6 is 24.2 Å². The highest BCUT2D eigenvalue weighted by Gasteiger charge is 2.24. The molecule has 0 fully saturated rings. The van der Waals surface area contributed by atoms with Crippen LogP contribution in [0.2, 0.25) is 0 Å². The van der Waals surface area contributed by atoms with Crippen molar-refractivity contribution in [2.75, 3.05) is 25.6 Å². The molecule has 2 atom stereocenters. The Labute approximate surface area is 206 Å². The van der Waals surface area contributed by atoms with Gasteiger partial charge in [0.15, 0.2) is 0 Å². The first-order chi connectivity index (χ1) is 15.0. The lowest BCUT2D eigenvalue weighted by molar-refractivity contribution is -0.130. The highest BCUT2D eigenvalue weighted by molar-refractivity contribution is 7.98. The Bertz CT molecular complexity index is 809. The van der Waals surface area contributed by atoms with Crippen molar-refractivity contribution in [2.45, 2.75) is 37.8 Å². The fourth-order valence-electron chi connectivity index (χ4n) is 3.24. The SMILES string of the molecule is CN[C@@H](Cc1ccc(O)cc1)C(=O)N[C@H](CCSC)C(=O)NCCCc1ccccc1.Cl.O. The van der Waals surface area contributed by atoms with Gasteiger partial charge in [-0.25, -0.2) is 0 Å². The lowest BCUT2D eigenvalue weighted by Crippen LogP contribution is -2.53. The molecular formula is C24H36ClN3O4S. The van der Waals surface area contributed by atoms with Crippen LogP contribution in [0.25, 0.3) is 0 Å². The van der Waals surface area contributed by atoms with Crippen molar-refractivity contribution in [1.29, 1.82) is 0 Å². The minimum absolute atomic E-state index is 0. The average Bonchev–Trinajstić information content (AvgIpc) is 2.79. The van der Waals surface area contributed by atoms with E-state index in [1.807, 2.05) is 24.5 Å². The second-order valence-electron chi connectivity index (χ2n) is 7.43. The molecule has 184 valence electrons. The summed E-state index contributed by atoms with van der Waals surface area (Å²) in [4.78, 5) is 25.5. The molecule has 0 radical (unpaired) electrons. The number of nitrogens with one attached hydrogen (secondary N) is 3. The van der Waals surface area contributed by atoms with Gasteiger partial charge in [-0.05, 0) is 68.0 Å². The number of likely N-dealkylation sites (N-methyl/N-ethyl adjacent to an activating group) is 1. The Kier molecular flexibility index (Phi) is 16.1. The minimum atomic E-state index is -0.563. The fraction of sp³-hybridized carbons (Fsp3) is 0.417. The van der Waals surface area contributed by atoms with Crippen LogP contribution in [0.15, 0.2) is 54.6 Å². The summed E-state index contributed by atoms with van der Waals surface area (Å²) in [5.41, 5.74) is 2.17. The quantitative estimate of drug-likeness (QED) is 0.316. The molecular weight excluding hydrogens is 462 g/mol. The van der Waals surface area contributed by atoms with Crippen LogP contribution < -0.4 is 16.0 Å². The van der Waals surface area contributed by atoms with Crippen LogP contribution in [0.1, 0.15) is 24.0 Å². The lowest BCUT2D eigenvalue weighted by atomic mass is 10.0. The van der Waals surface area contributed by atoms with Crippen molar-refractivity contribution in [3.63, 3.8) is 0 Å². The molecule has 0 aliphatic heterocycles. The minimum Gasteiger partial charge on any atom is -0.508 e. The molecule has 0 unspecified atom stereocenters. The van der Waals surface area contributed by atoms with Crippen molar-refractivity contribution < 1.29 is 20.2 Å². The normalized spacial score (nSPS) is 11.9. The second-order valence-corrected chi connectivity index (χ2v) is 8.42. The first-order valence-corrected chi connectivity index (χ1v) is 12.0. The molecule has 0 heterocycles. The monoisotopic (exact) mass is 497 g/mol. The molecule has 33 heavy (non-hydrogen) atoms. The van der Waals surface area contributed by atoms with Crippen molar-refractivity contribution in [1.82, 2.24) is 16.0 Å². The smallest absolute Gasteiger partial charge is 0.242 e. The van der Waals surface area contributed by atoms with Crippen molar-refractivity contribution in [2.24, 2.45) is 0 Å². The second kappa shape index (κ2) is 17.2. The zero-order chi connectivity index (χ0) is 22.5. The average molecular weight is 498 g/mol. The van der Waals surface area contributed by atoms with E-state index in [1.165, 1.54) is 5.56 Å². The van der Waals surface area contributed by atoms with E-state index in [0.29, 0.717) is 19.4 Å². The van der Waals surface area contributed by atoms with E-state index in [0.717, 1.165) is 24.2 Å². The predicted molar refractivity (Wildman–Crippen MR) is 138 cm³/mol. The van der Waals surface area contributed by atoms with E-state index in [2.05, 4.69) is 28.1 Å². The maximum absolute atomic E-state index is 12.8. The van der Waals surface area contributed by atoms with Gasteiger partial charge in [-0.2, -0.15) is 11.8 Å². The highest BCUT2D eigenvalue weighted by atomic mass is 35.5. The molecule has 0 aliphatic carbocycles. The van der Waals surface area contributed by atoms with E-state index in [9.17, 15) is 14.7 Å². The number of hydrogen-bond donors (Lipinski definition) is 4. The van der Waals surface area contributed by atoms with Gasteiger partial charge < -0.3 is 26.5 Å². The number of phenols is 1. The summed E-state index contributed by atoms with van der Waals surface area (Å²) in [5.74, 6) is 0.622. The number of carbonyl (C=O) groups excluding carboxylic acids is 2. The molecule has 2 amide bonds. The van der Waals surface area contributed by atoms with Gasteiger partial charge in [0, 0.05) is 6.54 Å². The van der Waals surface area contributed by atoms with Crippen molar-refractivity contribution in [3.05, 3.63) is 65.7 Å². The molecule has 2 rings (SSSR count). The molecule has 0 saturated heterocycles. The molecule has 0 aromatic heterocycles. The van der Waals surface area contributed by atoms with Gasteiger partial charge in [-0.15, -0.1) is 12.4 Å². The van der Waals surface area contributed by atoms with E-state index in [-0.39, 0.29) is 35.4 Å². The zero-order valence-electron chi connectivity index (χ0n) is 19.2. The van der Waals surface area contributed by atoms with E-state index >= 15 is 0 Å². The van der Waals surface area contributed by atoms with Gasteiger partial charge in [0.1, 0.15) is 11.8 Å². The number of benzene rings is 2. The lowest BCUT2D eigenvalue weighted by Gasteiger charge is -2.22. The van der Waals surface area contributed by atoms with Crippen LogP contribution in [-0.4, -0.2) is 60.1 Å². The number of thioether (sulfide) groups is 1. The summed E-state index contributed by atoms with van der Waals surface area (Å²) >= 11 is 1.65. The topological polar surface area (TPSA) is 122 Å². The van der Waals surface area contributed by atoms with E-state index in [1.54, 1.807) is 43.1 Å². The summed E-state index contributed by atoms with van der Waals surface area (Å²) in [6, 6.07) is 15.9. The van der Waals surface area contributed by atoms with Crippen LogP contribution in [0.4, 0.5) is 0 Å². The van der Waals surface area contributed by atoms with Crippen LogP contribution in [0.5, 0.6) is 5.75 Å². The third kappa shape index (κ3) is 11.4. The standard InChI is InChI=1S/C24H33N3O3S.ClH.H2O/c1-25-22(17-19-10-12-20(28)13-11-19)24(30)27-21(14-16-31-2)23(29)26-15-6-9-18-7-4-3-5-8-18;;/h3-5,7-8,10-13,21-22,25,28H,6,9,14-17H2,1-2H3,(H,26,29)(H,27,30);1H;1H2/t21-,22+;;/m1../s1. The number of aromatic hydroxyl groups is 1. The molecule has 7 nitrogen and oxygen atoms in total. The molecule has 0 aliphatic rings. The molecule has 2 aromatic carbocycles. The maximum Gasteiger partial charge on any atom is 0.242 e. The molecule has 0 bridgehead atoms. The van der Waals surface area contributed by atoms with Gasteiger partial charge in [-0.1, -0.05) is 42.5 Å². The Morgan fingerprint density at radius 3 is 2.24 bits per heavy atom. The number of carbonyl (C=O) groups is 2. The fourth-order valence-corrected chi connectivity index (χ4v) is 3.71. The molecule has 6 N–H and O–H groups in total. The Morgan fingerprint density at radius 1 is 0.970 bits per heavy atom. The zero-order valence-corrected chi connectivity index (χ0v) is 20.8. The summed E-state index contributed by atoms with van der Waals surface area (Å²) in [6.45, 7) is 0.572. The molecule has 0 saturated carbocycles. The number of hydrogen-bond acceptors (Lipinski definition) is 5. The van der Waals surface area contributed by atoms with Crippen LogP contribution in [-0.2, 0) is 22.4 Å². The van der Waals surface area contributed by atoms with Gasteiger partial charge >= 0.3 is 0 Å². The summed E-state index contributed by atoms with van der Waals surface area (Å²) in [7, 11) is 1.73. The summed E-state index contributed by atoms with van der Waals surface area (Å²) in [5, 5.41) is 18.3. The van der Waals surface area contributed by atoms with Crippen LogP contribution in [0, 0.1) is 0 Å². The first-order valence-electron chi connectivity index (χ1n) is 10.6. The number of halogens is 1. The third-order valence-corrected chi connectivity index (χ3v) is 5.71. The summed E-state index contributed by atoms with van der Waals surface area (Å²) < 4.78 is 0.